The van der Waals surface area contributed by atoms with Crippen LogP contribution in [0, 0.1) is 0 Å². The van der Waals surface area contributed by atoms with E-state index in [1.165, 1.54) is 18.4 Å². The quantitative estimate of drug-likeness (QED) is 0.403. The van der Waals surface area contributed by atoms with Crippen LogP contribution in [0.2, 0.25) is 0 Å². The van der Waals surface area contributed by atoms with Crippen LogP contribution < -0.4 is 4.90 Å². The number of pyridine rings is 1. The predicted octanol–water partition coefficient (Wildman–Crippen LogP) is 3.95. The number of rotatable bonds is 4. The van der Waals surface area contributed by atoms with Gasteiger partial charge >= 0.3 is 36.4 Å². The Morgan fingerprint density at radius 2 is 1.24 bits per heavy atom. The molecule has 252 valence electrons. The molecule has 0 saturated carbocycles. The van der Waals surface area contributed by atoms with Gasteiger partial charge in [0.2, 0.25) is 0 Å². The largest absolute Gasteiger partial charge is 0.490 e. The minimum atomic E-state index is -5.08. The second-order valence-corrected chi connectivity index (χ2v) is 8.79. The summed E-state index contributed by atoms with van der Waals surface area (Å²) in [5.41, 5.74) is 1.26. The number of ether oxygens (including phenoxy) is 1. The van der Waals surface area contributed by atoms with Gasteiger partial charge in [-0.15, -0.1) is 0 Å². The third kappa shape index (κ3) is 14.8. The van der Waals surface area contributed by atoms with Gasteiger partial charge in [0, 0.05) is 44.8 Å². The number of hydrogen-bond acceptors (Lipinski definition) is 9. The van der Waals surface area contributed by atoms with Gasteiger partial charge in [0.25, 0.3) is 0 Å². The zero-order chi connectivity index (χ0) is 34.4. The van der Waals surface area contributed by atoms with Gasteiger partial charge in [-0.2, -0.15) is 39.5 Å². The number of nitrogens with zero attached hydrogens (tertiary/aromatic N) is 5. The third-order valence-electron chi connectivity index (χ3n) is 5.49. The normalized spacial score (nSPS) is 17.0. The van der Waals surface area contributed by atoms with Crippen molar-refractivity contribution in [3.63, 3.8) is 0 Å². The molecule has 2 aromatic heterocycles. The average Bonchev–Trinajstić information content (AvgIpc) is 3.49. The summed E-state index contributed by atoms with van der Waals surface area (Å²) in [6, 6.07) is 6.25. The number of carbonyl (C=O) groups is 3. The van der Waals surface area contributed by atoms with E-state index in [0.717, 1.165) is 44.4 Å². The number of morpholine rings is 1. The van der Waals surface area contributed by atoms with Gasteiger partial charge < -0.3 is 25.0 Å². The maximum atomic E-state index is 10.6. The van der Waals surface area contributed by atoms with E-state index in [2.05, 4.69) is 31.9 Å². The standard InChI is InChI=1S/C18H23N5O.3C2HF3O2/c1-2-10-22(9-1)17-5-8-20-18(21-17)16-14-24-12-11-23(16)13-15-3-6-19-7-4-15;3*3-2(4,5)1(6)7/h3-8,16H,1-2,9-14H2;3*(H,6,7). The van der Waals surface area contributed by atoms with Crippen LogP contribution in [-0.4, -0.2) is 104 Å². The molecule has 1 unspecified atom stereocenters. The van der Waals surface area contributed by atoms with Crippen molar-refractivity contribution in [1.29, 1.82) is 0 Å². The summed E-state index contributed by atoms with van der Waals surface area (Å²) in [6.07, 6.45) is -7.18. The molecule has 0 spiro atoms. The van der Waals surface area contributed by atoms with Crippen molar-refractivity contribution in [1.82, 2.24) is 19.9 Å². The van der Waals surface area contributed by atoms with Gasteiger partial charge in [0.05, 0.1) is 19.3 Å². The highest BCUT2D eigenvalue weighted by Crippen LogP contribution is 2.26. The van der Waals surface area contributed by atoms with E-state index in [1.807, 2.05) is 24.7 Å². The average molecular weight is 667 g/mol. The van der Waals surface area contributed by atoms with Crippen molar-refractivity contribution < 1.29 is 74.0 Å². The monoisotopic (exact) mass is 667 g/mol. The van der Waals surface area contributed by atoms with Crippen LogP contribution in [0.1, 0.15) is 30.3 Å². The molecule has 0 amide bonds. The fourth-order valence-electron chi connectivity index (χ4n) is 3.43. The first kappa shape index (κ1) is 38.8. The minimum absolute atomic E-state index is 0.106. The van der Waals surface area contributed by atoms with E-state index in [9.17, 15) is 39.5 Å². The molecule has 0 aromatic carbocycles. The maximum Gasteiger partial charge on any atom is 0.490 e. The summed E-state index contributed by atoms with van der Waals surface area (Å²) in [5, 5.41) is 21.4. The minimum Gasteiger partial charge on any atom is -0.475 e. The third-order valence-corrected chi connectivity index (χ3v) is 5.49. The number of carboxylic acid groups (broad SMARTS) is 3. The van der Waals surface area contributed by atoms with Crippen LogP contribution in [0.25, 0.3) is 0 Å². The van der Waals surface area contributed by atoms with Crippen LogP contribution in [0.5, 0.6) is 0 Å². The molecule has 4 rings (SSSR count). The summed E-state index contributed by atoms with van der Waals surface area (Å²) in [4.78, 5) is 44.9. The Labute approximate surface area is 248 Å². The van der Waals surface area contributed by atoms with Crippen molar-refractivity contribution in [3.05, 3.63) is 48.2 Å². The highest BCUT2D eigenvalue weighted by molar-refractivity contribution is 5.73. The van der Waals surface area contributed by atoms with Crippen molar-refractivity contribution in [2.45, 2.75) is 44.0 Å². The molecule has 2 aliphatic rings. The van der Waals surface area contributed by atoms with Crippen LogP contribution >= 0.6 is 0 Å². The lowest BCUT2D eigenvalue weighted by molar-refractivity contribution is -0.193. The predicted molar refractivity (Wildman–Crippen MR) is 133 cm³/mol. The summed E-state index contributed by atoms with van der Waals surface area (Å²) in [6.45, 7) is 5.36. The number of aromatic nitrogens is 3. The van der Waals surface area contributed by atoms with Crippen molar-refractivity contribution in [3.8, 4) is 0 Å². The number of halogens is 9. The van der Waals surface area contributed by atoms with Gasteiger partial charge in [-0.25, -0.2) is 24.4 Å². The molecular formula is C24H26F9N5O7. The Hall–Kier alpha value is -4.27. The van der Waals surface area contributed by atoms with Gasteiger partial charge in [-0.1, -0.05) is 0 Å². The molecule has 0 bridgehead atoms. The van der Waals surface area contributed by atoms with Crippen molar-refractivity contribution in [2.24, 2.45) is 0 Å². The van der Waals surface area contributed by atoms with Gasteiger partial charge in [-0.3, -0.25) is 9.88 Å². The second-order valence-electron chi connectivity index (χ2n) is 8.79. The highest BCUT2D eigenvalue weighted by Gasteiger charge is 2.39. The lowest BCUT2D eigenvalue weighted by Crippen LogP contribution is -2.40. The van der Waals surface area contributed by atoms with Gasteiger partial charge in [0.1, 0.15) is 11.6 Å². The highest BCUT2D eigenvalue weighted by atomic mass is 19.4. The van der Waals surface area contributed by atoms with E-state index >= 15 is 0 Å². The molecule has 2 saturated heterocycles. The second kappa shape index (κ2) is 17.3. The Morgan fingerprint density at radius 3 is 1.69 bits per heavy atom. The summed E-state index contributed by atoms with van der Waals surface area (Å²) < 4.78 is 101. The van der Waals surface area contributed by atoms with E-state index in [-0.39, 0.29) is 6.04 Å². The van der Waals surface area contributed by atoms with E-state index < -0.39 is 36.4 Å². The van der Waals surface area contributed by atoms with E-state index in [4.69, 9.17) is 39.4 Å². The molecule has 21 heteroatoms. The Bertz CT molecular complexity index is 1170. The molecule has 12 nitrogen and oxygen atoms in total. The number of hydrogen-bond donors (Lipinski definition) is 3. The lowest BCUT2D eigenvalue weighted by Gasteiger charge is -2.34. The number of anilines is 1. The van der Waals surface area contributed by atoms with Gasteiger partial charge in [-0.05, 0) is 36.6 Å². The van der Waals surface area contributed by atoms with E-state index in [0.29, 0.717) is 6.61 Å². The SMILES string of the molecule is O=C(O)C(F)(F)F.O=C(O)C(F)(F)F.O=C(O)C(F)(F)F.c1cc(CN2CCOCC2c2nccc(N3CCCC3)n2)ccn1. The molecule has 1 atom stereocenters. The van der Waals surface area contributed by atoms with Crippen molar-refractivity contribution in [2.75, 3.05) is 37.7 Å². The zero-order valence-electron chi connectivity index (χ0n) is 22.8. The van der Waals surface area contributed by atoms with Crippen LogP contribution in [-0.2, 0) is 25.7 Å². The van der Waals surface area contributed by atoms with Crippen LogP contribution in [0.3, 0.4) is 0 Å². The Kier molecular flexibility index (Phi) is 14.9. The molecule has 4 heterocycles. The zero-order valence-corrected chi connectivity index (χ0v) is 22.8. The first-order valence-electron chi connectivity index (χ1n) is 12.4. The maximum absolute atomic E-state index is 10.6. The fourth-order valence-corrected chi connectivity index (χ4v) is 3.43. The number of aliphatic carboxylic acids is 3. The molecule has 2 aromatic rings. The van der Waals surface area contributed by atoms with Crippen LogP contribution in [0.15, 0.2) is 36.8 Å². The van der Waals surface area contributed by atoms with Gasteiger partial charge in [0.15, 0.2) is 0 Å². The molecular weight excluding hydrogens is 641 g/mol. The Morgan fingerprint density at radius 1 is 0.778 bits per heavy atom. The van der Waals surface area contributed by atoms with Crippen molar-refractivity contribution >= 4 is 23.7 Å². The molecule has 3 N–H and O–H groups in total. The smallest absolute Gasteiger partial charge is 0.475 e. The Balaban J connectivity index is 0.000000396. The molecule has 2 fully saturated rings. The summed E-state index contributed by atoms with van der Waals surface area (Å²) >= 11 is 0. The summed E-state index contributed by atoms with van der Waals surface area (Å²) in [5.74, 6) is -6.35. The van der Waals surface area contributed by atoms with E-state index in [1.54, 1.807) is 0 Å². The molecule has 45 heavy (non-hydrogen) atoms. The fraction of sp³-hybridized carbons (Fsp3) is 0.500. The molecule has 2 aliphatic heterocycles. The number of carboxylic acids is 3. The topological polar surface area (TPSA) is 166 Å². The first-order chi connectivity index (χ1) is 20.7. The number of alkyl halides is 9. The first-order valence-corrected chi connectivity index (χ1v) is 12.4. The lowest BCUT2D eigenvalue weighted by atomic mass is 10.1. The van der Waals surface area contributed by atoms with Crippen LogP contribution in [0.4, 0.5) is 45.3 Å². The molecule has 0 aliphatic carbocycles. The molecule has 0 radical (unpaired) electrons. The summed E-state index contributed by atoms with van der Waals surface area (Å²) in [7, 11) is 0.